The molecule has 0 radical (unpaired) electrons. The zero-order valence-electron chi connectivity index (χ0n) is 18.3. The molecule has 1 saturated heterocycles. The van der Waals surface area contributed by atoms with E-state index in [-0.39, 0.29) is 11.5 Å². The summed E-state index contributed by atoms with van der Waals surface area (Å²) in [5.74, 6) is -0.0834. The van der Waals surface area contributed by atoms with Gasteiger partial charge in [0, 0.05) is 57.4 Å². The number of β-amino-alcohol motifs (C(OH)–C–C–N with tert-alkyl or cyclic N) is 1. The average molecular weight is 415 g/mol. The lowest BCUT2D eigenvalue weighted by Crippen LogP contribution is -2.50. The molecule has 2 aromatic rings. The molecular formula is C23H34N4O3. The number of pyridine rings is 1. The highest BCUT2D eigenvalue weighted by atomic mass is 16.5. The summed E-state index contributed by atoms with van der Waals surface area (Å²) < 4.78 is 5.66. The number of nitrogens with zero attached hydrogens (tertiary/aromatic N) is 3. The van der Waals surface area contributed by atoms with Gasteiger partial charge in [-0.3, -0.25) is 19.6 Å². The summed E-state index contributed by atoms with van der Waals surface area (Å²) in [5, 5.41) is 14.2. The second-order valence-electron chi connectivity index (χ2n) is 8.86. The fourth-order valence-corrected chi connectivity index (χ4v) is 3.60. The molecule has 1 aliphatic heterocycles. The number of para-hydroxylation sites is 1. The predicted octanol–water partition coefficient (Wildman–Crippen LogP) is 1.76. The number of fused-ring (bicyclic) bond motifs is 1. The summed E-state index contributed by atoms with van der Waals surface area (Å²) in [5.41, 5.74) is 1.12. The van der Waals surface area contributed by atoms with E-state index < -0.39 is 6.10 Å². The Bertz CT molecular complexity index is 823. The Balaban J connectivity index is 1.37. The number of ether oxygens (including phenoxy) is 1. The highest BCUT2D eigenvalue weighted by Crippen LogP contribution is 2.15. The first-order valence-corrected chi connectivity index (χ1v) is 10.7. The third-order valence-corrected chi connectivity index (χ3v) is 5.23. The fraction of sp³-hybridized carbons (Fsp3) is 0.565. The lowest BCUT2D eigenvalue weighted by molar-refractivity contribution is -0.0585. The third-order valence-electron chi connectivity index (χ3n) is 5.23. The van der Waals surface area contributed by atoms with Crippen molar-refractivity contribution in [2.75, 3.05) is 52.4 Å². The quantitative estimate of drug-likeness (QED) is 0.685. The standard InChI is InChI=1S/C23H34N4O3/c1-23(2,3)30-17-19(28)16-27-14-12-26(13-15-27)11-10-25-22(29)20-8-4-6-18-7-5-9-24-21(18)20/h4-9,19,28H,10-17H2,1-3H3,(H,25,29). The minimum absolute atomic E-state index is 0.0834. The van der Waals surface area contributed by atoms with Crippen molar-refractivity contribution in [1.29, 1.82) is 0 Å². The van der Waals surface area contributed by atoms with Gasteiger partial charge in [-0.2, -0.15) is 0 Å². The van der Waals surface area contributed by atoms with Crippen LogP contribution >= 0.6 is 0 Å². The molecule has 0 aliphatic carbocycles. The molecule has 1 fully saturated rings. The number of amides is 1. The van der Waals surface area contributed by atoms with Gasteiger partial charge in [-0.15, -0.1) is 0 Å². The zero-order chi connectivity index (χ0) is 21.6. The van der Waals surface area contributed by atoms with Crippen LogP contribution in [0.5, 0.6) is 0 Å². The Morgan fingerprint density at radius 3 is 2.60 bits per heavy atom. The molecule has 3 rings (SSSR count). The number of aliphatic hydroxyl groups is 1. The molecule has 164 valence electrons. The van der Waals surface area contributed by atoms with Gasteiger partial charge >= 0.3 is 0 Å². The van der Waals surface area contributed by atoms with E-state index in [9.17, 15) is 9.90 Å². The maximum absolute atomic E-state index is 12.6. The van der Waals surface area contributed by atoms with Crippen molar-refractivity contribution in [3.05, 3.63) is 42.1 Å². The van der Waals surface area contributed by atoms with Gasteiger partial charge in [0.15, 0.2) is 0 Å². The van der Waals surface area contributed by atoms with E-state index >= 15 is 0 Å². The van der Waals surface area contributed by atoms with Gasteiger partial charge in [0.1, 0.15) is 0 Å². The molecule has 1 aromatic carbocycles. The van der Waals surface area contributed by atoms with E-state index in [2.05, 4.69) is 20.1 Å². The van der Waals surface area contributed by atoms with Gasteiger partial charge in [0.25, 0.3) is 5.91 Å². The van der Waals surface area contributed by atoms with Crippen molar-refractivity contribution >= 4 is 16.8 Å². The van der Waals surface area contributed by atoms with E-state index in [0.29, 0.717) is 25.3 Å². The minimum Gasteiger partial charge on any atom is -0.389 e. The first-order valence-electron chi connectivity index (χ1n) is 10.7. The Morgan fingerprint density at radius 1 is 1.17 bits per heavy atom. The molecule has 1 aromatic heterocycles. The van der Waals surface area contributed by atoms with Crippen molar-refractivity contribution in [2.24, 2.45) is 0 Å². The molecule has 0 saturated carbocycles. The van der Waals surface area contributed by atoms with Gasteiger partial charge in [-0.1, -0.05) is 18.2 Å². The molecule has 1 atom stereocenters. The Morgan fingerprint density at radius 2 is 1.87 bits per heavy atom. The number of carbonyl (C=O) groups is 1. The number of nitrogens with one attached hydrogen (secondary N) is 1. The topological polar surface area (TPSA) is 77.9 Å². The zero-order valence-corrected chi connectivity index (χ0v) is 18.3. The molecule has 1 unspecified atom stereocenters. The summed E-state index contributed by atoms with van der Waals surface area (Å²) >= 11 is 0. The molecule has 2 N–H and O–H groups in total. The van der Waals surface area contributed by atoms with Crippen LogP contribution in [0.1, 0.15) is 31.1 Å². The normalized spacial score (nSPS) is 17.2. The average Bonchev–Trinajstić information content (AvgIpc) is 2.72. The summed E-state index contributed by atoms with van der Waals surface area (Å²) in [4.78, 5) is 21.6. The molecule has 7 nitrogen and oxygen atoms in total. The summed E-state index contributed by atoms with van der Waals surface area (Å²) in [6.45, 7) is 12.1. The van der Waals surface area contributed by atoms with Crippen molar-refractivity contribution in [2.45, 2.75) is 32.5 Å². The smallest absolute Gasteiger partial charge is 0.253 e. The SMILES string of the molecule is CC(C)(C)OCC(O)CN1CCN(CCNC(=O)c2cccc3cccnc23)CC1. The van der Waals surface area contributed by atoms with Gasteiger partial charge in [0.05, 0.1) is 29.4 Å². The number of rotatable bonds is 8. The number of benzene rings is 1. The number of hydrogen-bond donors (Lipinski definition) is 2. The second kappa shape index (κ2) is 10.3. The molecule has 30 heavy (non-hydrogen) atoms. The molecule has 7 heteroatoms. The number of hydrogen-bond acceptors (Lipinski definition) is 6. The maximum atomic E-state index is 12.6. The Kier molecular flexibility index (Phi) is 7.77. The summed E-state index contributed by atoms with van der Waals surface area (Å²) in [6, 6.07) is 9.51. The van der Waals surface area contributed by atoms with Crippen LogP contribution in [0.2, 0.25) is 0 Å². The van der Waals surface area contributed by atoms with E-state index in [1.54, 1.807) is 6.20 Å². The van der Waals surface area contributed by atoms with Crippen molar-refractivity contribution < 1.29 is 14.6 Å². The Labute approximate surface area is 179 Å². The van der Waals surface area contributed by atoms with Gasteiger partial charge in [0.2, 0.25) is 0 Å². The number of aliphatic hydroxyl groups excluding tert-OH is 1. The van der Waals surface area contributed by atoms with E-state index in [0.717, 1.165) is 43.6 Å². The molecule has 2 heterocycles. The molecule has 0 bridgehead atoms. The van der Waals surface area contributed by atoms with Crippen LogP contribution in [0.3, 0.4) is 0 Å². The van der Waals surface area contributed by atoms with Gasteiger partial charge in [-0.05, 0) is 32.9 Å². The molecule has 0 spiro atoms. The van der Waals surface area contributed by atoms with Crippen LogP contribution in [-0.4, -0.2) is 89.9 Å². The first kappa shape index (κ1) is 22.6. The van der Waals surface area contributed by atoms with Crippen molar-refractivity contribution in [3.63, 3.8) is 0 Å². The largest absolute Gasteiger partial charge is 0.389 e. The minimum atomic E-state index is -0.468. The Hall–Kier alpha value is -2.06. The molecule has 1 aliphatic rings. The monoisotopic (exact) mass is 414 g/mol. The van der Waals surface area contributed by atoms with E-state index in [1.165, 1.54) is 0 Å². The fourth-order valence-electron chi connectivity index (χ4n) is 3.60. The van der Waals surface area contributed by atoms with Crippen LogP contribution in [0, 0.1) is 0 Å². The predicted molar refractivity (Wildman–Crippen MR) is 119 cm³/mol. The first-order chi connectivity index (χ1) is 14.3. The van der Waals surface area contributed by atoms with Crippen LogP contribution in [-0.2, 0) is 4.74 Å². The van der Waals surface area contributed by atoms with Crippen molar-refractivity contribution in [3.8, 4) is 0 Å². The number of aromatic nitrogens is 1. The lowest BCUT2D eigenvalue weighted by atomic mass is 10.1. The second-order valence-corrected chi connectivity index (χ2v) is 8.86. The van der Waals surface area contributed by atoms with E-state index in [4.69, 9.17) is 4.74 Å². The van der Waals surface area contributed by atoms with Gasteiger partial charge < -0.3 is 15.2 Å². The summed E-state index contributed by atoms with van der Waals surface area (Å²) in [6.07, 6.45) is 1.24. The van der Waals surface area contributed by atoms with Crippen LogP contribution in [0.4, 0.5) is 0 Å². The summed E-state index contributed by atoms with van der Waals surface area (Å²) in [7, 11) is 0. The van der Waals surface area contributed by atoms with E-state index in [1.807, 2.05) is 51.1 Å². The number of carbonyl (C=O) groups excluding carboxylic acids is 1. The molecule has 1 amide bonds. The lowest BCUT2D eigenvalue weighted by Gasteiger charge is -2.35. The van der Waals surface area contributed by atoms with Gasteiger partial charge in [-0.25, -0.2) is 0 Å². The van der Waals surface area contributed by atoms with Crippen LogP contribution in [0.15, 0.2) is 36.5 Å². The number of piperazine rings is 1. The van der Waals surface area contributed by atoms with Crippen molar-refractivity contribution in [1.82, 2.24) is 20.1 Å². The van der Waals surface area contributed by atoms with Crippen LogP contribution in [0.25, 0.3) is 10.9 Å². The third kappa shape index (κ3) is 6.74. The van der Waals surface area contributed by atoms with Crippen LogP contribution < -0.4 is 5.32 Å². The highest BCUT2D eigenvalue weighted by molar-refractivity contribution is 6.05. The highest BCUT2D eigenvalue weighted by Gasteiger charge is 2.21. The molecular weight excluding hydrogens is 380 g/mol. The maximum Gasteiger partial charge on any atom is 0.253 e.